The summed E-state index contributed by atoms with van der Waals surface area (Å²) < 4.78 is 2.03. The van der Waals surface area contributed by atoms with E-state index < -0.39 is 0 Å². The van der Waals surface area contributed by atoms with Crippen LogP contribution in [0.2, 0.25) is 0 Å². The van der Waals surface area contributed by atoms with Crippen molar-refractivity contribution in [2.75, 3.05) is 0 Å². The molecule has 1 aromatic carbocycles. The molecular formula is C11H12N4S. The molecule has 1 N–H and O–H groups in total. The van der Waals surface area contributed by atoms with E-state index in [1.807, 2.05) is 24.4 Å². The van der Waals surface area contributed by atoms with Crippen molar-refractivity contribution in [3.8, 4) is 0 Å². The van der Waals surface area contributed by atoms with Gasteiger partial charge in [0.05, 0.1) is 0 Å². The minimum atomic E-state index is 0.248. The normalized spacial score (nSPS) is 13.1. The predicted molar refractivity (Wildman–Crippen MR) is 66.2 cm³/mol. The number of aromatic nitrogens is 3. The Morgan fingerprint density at radius 3 is 2.81 bits per heavy atom. The number of nitrogens with zero attached hydrogens (tertiary/aromatic N) is 3. The number of H-pyrrole nitrogens is 1. The number of aromatic amines is 1. The second kappa shape index (κ2) is 4.85. The van der Waals surface area contributed by atoms with Gasteiger partial charge in [-0.25, -0.2) is 0 Å². The first kappa shape index (κ1) is 10.8. The van der Waals surface area contributed by atoms with E-state index in [1.54, 1.807) is 6.33 Å². The standard InChI is InChI=1S/C11H12N4S/c1-9(10-5-3-2-4-6-10)7-13-15-8-12-14-11(15)16/h2-9H,1H3,(H,14,16)/b13-7-/t9-/m0/s1. The van der Waals surface area contributed by atoms with Gasteiger partial charge in [-0.2, -0.15) is 14.9 Å². The molecule has 0 aliphatic heterocycles. The van der Waals surface area contributed by atoms with Crippen molar-refractivity contribution >= 4 is 18.4 Å². The number of hydrogen-bond donors (Lipinski definition) is 1. The summed E-state index contributed by atoms with van der Waals surface area (Å²) in [6.45, 7) is 2.09. The maximum Gasteiger partial charge on any atom is 0.216 e. The van der Waals surface area contributed by atoms with Gasteiger partial charge in [0.2, 0.25) is 4.77 Å². The molecule has 1 heterocycles. The van der Waals surface area contributed by atoms with Crippen molar-refractivity contribution in [1.29, 1.82) is 0 Å². The summed E-state index contributed by atoms with van der Waals surface area (Å²) in [6.07, 6.45) is 3.40. The zero-order valence-electron chi connectivity index (χ0n) is 8.87. The quantitative estimate of drug-likeness (QED) is 0.653. The van der Waals surface area contributed by atoms with Crippen LogP contribution in [0.4, 0.5) is 0 Å². The lowest BCUT2D eigenvalue weighted by Crippen LogP contribution is -1.96. The average Bonchev–Trinajstić information content (AvgIpc) is 2.73. The number of rotatable bonds is 3. The van der Waals surface area contributed by atoms with Gasteiger partial charge in [0.15, 0.2) is 0 Å². The monoisotopic (exact) mass is 232 g/mol. The third-order valence-corrected chi connectivity index (χ3v) is 2.55. The fourth-order valence-electron chi connectivity index (χ4n) is 1.34. The van der Waals surface area contributed by atoms with Gasteiger partial charge in [0, 0.05) is 12.1 Å². The molecule has 2 aromatic rings. The van der Waals surface area contributed by atoms with Crippen molar-refractivity contribution in [2.45, 2.75) is 12.8 Å². The molecule has 2 rings (SSSR count). The smallest absolute Gasteiger partial charge is 0.216 e. The molecule has 0 saturated carbocycles. The fourth-order valence-corrected chi connectivity index (χ4v) is 1.49. The van der Waals surface area contributed by atoms with Crippen molar-refractivity contribution in [3.05, 3.63) is 47.0 Å². The van der Waals surface area contributed by atoms with E-state index in [9.17, 15) is 0 Å². The van der Waals surface area contributed by atoms with Gasteiger partial charge >= 0.3 is 0 Å². The summed E-state index contributed by atoms with van der Waals surface area (Å²) >= 11 is 4.99. The van der Waals surface area contributed by atoms with Crippen LogP contribution in [-0.2, 0) is 0 Å². The van der Waals surface area contributed by atoms with Crippen LogP contribution in [0.25, 0.3) is 0 Å². The molecule has 1 atom stereocenters. The molecule has 82 valence electrons. The van der Waals surface area contributed by atoms with Gasteiger partial charge < -0.3 is 0 Å². The van der Waals surface area contributed by atoms with Crippen LogP contribution in [-0.4, -0.2) is 21.1 Å². The van der Waals surface area contributed by atoms with Crippen LogP contribution in [0.3, 0.4) is 0 Å². The molecule has 0 saturated heterocycles. The lowest BCUT2D eigenvalue weighted by Gasteiger charge is -2.04. The highest BCUT2D eigenvalue weighted by Crippen LogP contribution is 2.11. The van der Waals surface area contributed by atoms with Crippen molar-refractivity contribution in [3.63, 3.8) is 0 Å². The van der Waals surface area contributed by atoms with Crippen molar-refractivity contribution in [1.82, 2.24) is 14.9 Å². The highest BCUT2D eigenvalue weighted by atomic mass is 32.1. The Hall–Kier alpha value is -1.75. The molecule has 1 aromatic heterocycles. The van der Waals surface area contributed by atoms with Gasteiger partial charge in [-0.1, -0.05) is 37.3 Å². The highest BCUT2D eigenvalue weighted by molar-refractivity contribution is 7.71. The van der Waals surface area contributed by atoms with E-state index in [4.69, 9.17) is 12.2 Å². The Balaban J connectivity index is 2.14. The van der Waals surface area contributed by atoms with Gasteiger partial charge in [-0.15, -0.1) is 0 Å². The largest absolute Gasteiger partial charge is 0.250 e. The maximum absolute atomic E-state index is 4.99. The summed E-state index contributed by atoms with van der Waals surface area (Å²) in [6, 6.07) is 10.2. The van der Waals surface area contributed by atoms with Gasteiger partial charge in [-0.3, -0.25) is 5.10 Å². The predicted octanol–water partition coefficient (Wildman–Crippen LogP) is 2.58. The van der Waals surface area contributed by atoms with E-state index in [2.05, 4.69) is 34.4 Å². The molecular weight excluding hydrogens is 220 g/mol. The van der Waals surface area contributed by atoms with E-state index in [0.717, 1.165) is 0 Å². The molecule has 5 heteroatoms. The molecule has 0 unspecified atom stereocenters. The van der Waals surface area contributed by atoms with Crippen molar-refractivity contribution < 1.29 is 0 Å². The van der Waals surface area contributed by atoms with E-state index in [1.165, 1.54) is 10.2 Å². The van der Waals surface area contributed by atoms with E-state index in [-0.39, 0.29) is 5.92 Å². The fraction of sp³-hybridized carbons (Fsp3) is 0.182. The molecule has 0 spiro atoms. The third kappa shape index (κ3) is 2.43. The molecule has 0 amide bonds. The van der Waals surface area contributed by atoms with Crippen LogP contribution in [0, 0.1) is 4.77 Å². The Morgan fingerprint density at radius 2 is 2.19 bits per heavy atom. The first-order valence-electron chi connectivity index (χ1n) is 4.99. The topological polar surface area (TPSA) is 46.0 Å². The zero-order valence-corrected chi connectivity index (χ0v) is 9.69. The highest BCUT2D eigenvalue weighted by Gasteiger charge is 2.00. The SMILES string of the molecule is C[C@@H](/C=N\n1cn[nH]c1=S)c1ccccc1. The third-order valence-electron chi connectivity index (χ3n) is 2.28. The first-order chi connectivity index (χ1) is 7.77. The summed E-state index contributed by atoms with van der Waals surface area (Å²) in [5.74, 6) is 0.248. The van der Waals surface area contributed by atoms with Crippen LogP contribution in [0.1, 0.15) is 18.4 Å². The lowest BCUT2D eigenvalue weighted by atomic mass is 10.0. The Bertz CT molecular complexity index is 526. The molecule has 0 aliphatic carbocycles. The first-order valence-corrected chi connectivity index (χ1v) is 5.39. The summed E-state index contributed by atoms with van der Waals surface area (Å²) in [4.78, 5) is 0. The molecule has 16 heavy (non-hydrogen) atoms. The molecule has 0 bridgehead atoms. The molecule has 0 radical (unpaired) electrons. The molecule has 0 fully saturated rings. The van der Waals surface area contributed by atoms with Crippen LogP contribution >= 0.6 is 12.2 Å². The van der Waals surface area contributed by atoms with Crippen molar-refractivity contribution in [2.24, 2.45) is 5.10 Å². The minimum absolute atomic E-state index is 0.248. The maximum atomic E-state index is 4.99. The summed E-state index contributed by atoms with van der Waals surface area (Å²) in [7, 11) is 0. The van der Waals surface area contributed by atoms with E-state index in [0.29, 0.717) is 4.77 Å². The Labute approximate surface area is 98.6 Å². The van der Waals surface area contributed by atoms with Gasteiger partial charge in [0.25, 0.3) is 0 Å². The van der Waals surface area contributed by atoms with Crippen LogP contribution in [0.15, 0.2) is 41.8 Å². The lowest BCUT2D eigenvalue weighted by molar-refractivity contribution is 0.848. The second-order valence-corrected chi connectivity index (χ2v) is 3.86. The number of nitrogens with one attached hydrogen (secondary N) is 1. The Kier molecular flexibility index (Phi) is 3.26. The Morgan fingerprint density at radius 1 is 1.44 bits per heavy atom. The zero-order chi connectivity index (χ0) is 11.4. The number of benzene rings is 1. The van der Waals surface area contributed by atoms with Gasteiger partial charge in [-0.05, 0) is 17.8 Å². The summed E-state index contributed by atoms with van der Waals surface area (Å²) in [5, 5.41) is 10.7. The van der Waals surface area contributed by atoms with Crippen LogP contribution < -0.4 is 0 Å². The van der Waals surface area contributed by atoms with Gasteiger partial charge in [0.1, 0.15) is 6.33 Å². The van der Waals surface area contributed by atoms with Crippen LogP contribution in [0.5, 0.6) is 0 Å². The minimum Gasteiger partial charge on any atom is -0.250 e. The van der Waals surface area contributed by atoms with E-state index >= 15 is 0 Å². The second-order valence-electron chi connectivity index (χ2n) is 3.47. The average molecular weight is 232 g/mol. The molecule has 4 nitrogen and oxygen atoms in total. The summed E-state index contributed by atoms with van der Waals surface area (Å²) in [5.41, 5.74) is 1.22. The molecule has 0 aliphatic rings. The number of hydrogen-bond acceptors (Lipinski definition) is 3.